The second kappa shape index (κ2) is 8.25. The second-order valence-corrected chi connectivity index (χ2v) is 4.36. The minimum Gasteiger partial charge on any atom is -0.461 e. The zero-order valence-corrected chi connectivity index (χ0v) is 11.3. The molecule has 0 saturated carbocycles. The van der Waals surface area contributed by atoms with Crippen LogP contribution in [0.25, 0.3) is 0 Å². The highest BCUT2D eigenvalue weighted by Crippen LogP contribution is 2.11. The summed E-state index contributed by atoms with van der Waals surface area (Å²) >= 11 is 0. The van der Waals surface area contributed by atoms with Crippen LogP contribution in [0.1, 0.15) is 17.5 Å². The summed E-state index contributed by atoms with van der Waals surface area (Å²) in [5, 5.41) is 17.4. The number of nitrogens with zero attached hydrogens (tertiary/aromatic N) is 2. The molecular formula is C14H17FN2O3. The molecule has 0 atom stereocenters. The number of hydrogen-bond acceptors (Lipinski definition) is 5. The maximum atomic E-state index is 13.4. The summed E-state index contributed by atoms with van der Waals surface area (Å²) in [6.45, 7) is 0.772. The smallest absolute Gasteiger partial charge is 0.307 e. The Morgan fingerprint density at radius 3 is 2.90 bits per heavy atom. The lowest BCUT2D eigenvalue weighted by Crippen LogP contribution is -2.25. The van der Waals surface area contributed by atoms with Crippen LogP contribution in [0.4, 0.5) is 4.39 Å². The van der Waals surface area contributed by atoms with Gasteiger partial charge in [0.05, 0.1) is 24.7 Å². The van der Waals surface area contributed by atoms with Gasteiger partial charge in [-0.05, 0) is 25.2 Å². The van der Waals surface area contributed by atoms with Gasteiger partial charge in [-0.25, -0.2) is 4.39 Å². The molecular weight excluding hydrogens is 263 g/mol. The van der Waals surface area contributed by atoms with Crippen LogP contribution in [0.15, 0.2) is 18.2 Å². The summed E-state index contributed by atoms with van der Waals surface area (Å²) in [6, 6.07) is 5.80. The first-order chi connectivity index (χ1) is 9.56. The standard InChI is InChI=1S/C14H17FN2O3/c1-17(6-7-18)5-4-14(19)20-10-12-8-11(9-16)2-3-13(12)15/h2-3,8,18H,4-7,10H2,1H3. The van der Waals surface area contributed by atoms with Crippen molar-refractivity contribution >= 4 is 5.97 Å². The fourth-order valence-electron chi connectivity index (χ4n) is 1.55. The third-order valence-corrected chi connectivity index (χ3v) is 2.74. The van der Waals surface area contributed by atoms with Crippen LogP contribution in [0.3, 0.4) is 0 Å². The van der Waals surface area contributed by atoms with E-state index in [0.29, 0.717) is 18.7 Å². The molecule has 1 aromatic carbocycles. The summed E-state index contributed by atoms with van der Waals surface area (Å²) < 4.78 is 18.4. The zero-order chi connectivity index (χ0) is 15.0. The Morgan fingerprint density at radius 2 is 2.25 bits per heavy atom. The van der Waals surface area contributed by atoms with Gasteiger partial charge in [-0.1, -0.05) is 0 Å². The number of aliphatic hydroxyl groups is 1. The molecule has 0 aliphatic carbocycles. The van der Waals surface area contributed by atoms with Crippen LogP contribution in [0.2, 0.25) is 0 Å². The molecule has 0 aliphatic rings. The molecule has 0 saturated heterocycles. The summed E-state index contributed by atoms with van der Waals surface area (Å²) in [7, 11) is 1.78. The SMILES string of the molecule is CN(CCO)CCC(=O)OCc1cc(C#N)ccc1F. The normalized spacial score (nSPS) is 10.3. The van der Waals surface area contributed by atoms with Gasteiger partial charge in [-0.15, -0.1) is 0 Å². The summed E-state index contributed by atoms with van der Waals surface area (Å²) in [5.74, 6) is -0.953. The zero-order valence-electron chi connectivity index (χ0n) is 11.3. The van der Waals surface area contributed by atoms with Crippen molar-refractivity contribution in [3.63, 3.8) is 0 Å². The molecule has 0 radical (unpaired) electrons. The molecule has 0 aromatic heterocycles. The number of hydrogen-bond donors (Lipinski definition) is 1. The van der Waals surface area contributed by atoms with E-state index in [4.69, 9.17) is 15.1 Å². The van der Waals surface area contributed by atoms with Gasteiger partial charge in [0, 0.05) is 18.7 Å². The van der Waals surface area contributed by atoms with E-state index in [1.165, 1.54) is 18.2 Å². The highest BCUT2D eigenvalue weighted by atomic mass is 19.1. The number of likely N-dealkylation sites (N-methyl/N-ethyl adjacent to an activating group) is 1. The number of nitriles is 1. The Hall–Kier alpha value is -1.97. The number of benzene rings is 1. The molecule has 1 rings (SSSR count). The van der Waals surface area contributed by atoms with E-state index in [1.807, 2.05) is 6.07 Å². The van der Waals surface area contributed by atoms with Crippen LogP contribution in [0.5, 0.6) is 0 Å². The van der Waals surface area contributed by atoms with Crippen molar-refractivity contribution in [2.24, 2.45) is 0 Å². The monoisotopic (exact) mass is 280 g/mol. The van der Waals surface area contributed by atoms with Crippen molar-refractivity contribution in [1.82, 2.24) is 4.90 Å². The van der Waals surface area contributed by atoms with Crippen LogP contribution >= 0.6 is 0 Å². The fraction of sp³-hybridized carbons (Fsp3) is 0.429. The lowest BCUT2D eigenvalue weighted by molar-refractivity contribution is -0.145. The molecule has 0 spiro atoms. The number of ether oxygens (including phenoxy) is 1. The Kier molecular flexibility index (Phi) is 6.64. The quantitative estimate of drug-likeness (QED) is 0.756. The molecule has 0 bridgehead atoms. The molecule has 1 aromatic rings. The Labute approximate surface area is 117 Å². The minimum absolute atomic E-state index is 0.0255. The summed E-state index contributed by atoms with van der Waals surface area (Å²) in [4.78, 5) is 13.3. The van der Waals surface area contributed by atoms with Gasteiger partial charge >= 0.3 is 5.97 Å². The maximum absolute atomic E-state index is 13.4. The lowest BCUT2D eigenvalue weighted by atomic mass is 10.1. The number of rotatable bonds is 7. The fourth-order valence-corrected chi connectivity index (χ4v) is 1.55. The van der Waals surface area contributed by atoms with E-state index in [2.05, 4.69) is 0 Å². The van der Waals surface area contributed by atoms with Crippen molar-refractivity contribution in [3.8, 4) is 6.07 Å². The number of esters is 1. The predicted octanol–water partition coefficient (Wildman–Crippen LogP) is 1.05. The van der Waals surface area contributed by atoms with Crippen LogP contribution < -0.4 is 0 Å². The maximum Gasteiger partial charge on any atom is 0.307 e. The second-order valence-electron chi connectivity index (χ2n) is 4.36. The van der Waals surface area contributed by atoms with E-state index >= 15 is 0 Å². The highest BCUT2D eigenvalue weighted by Gasteiger charge is 2.09. The van der Waals surface area contributed by atoms with Crippen molar-refractivity contribution in [2.45, 2.75) is 13.0 Å². The lowest BCUT2D eigenvalue weighted by Gasteiger charge is -2.14. The largest absolute Gasteiger partial charge is 0.461 e. The van der Waals surface area contributed by atoms with Crippen LogP contribution in [-0.2, 0) is 16.1 Å². The predicted molar refractivity (Wildman–Crippen MR) is 70.1 cm³/mol. The Bertz CT molecular complexity index is 500. The van der Waals surface area contributed by atoms with E-state index in [0.717, 1.165) is 0 Å². The van der Waals surface area contributed by atoms with E-state index in [1.54, 1.807) is 11.9 Å². The first kappa shape index (κ1) is 16.1. The average Bonchev–Trinajstić information content (AvgIpc) is 2.44. The molecule has 6 heteroatoms. The summed E-state index contributed by atoms with van der Waals surface area (Å²) in [6.07, 6.45) is 0.163. The molecule has 108 valence electrons. The number of aliphatic hydroxyl groups excluding tert-OH is 1. The Balaban J connectivity index is 2.43. The number of carbonyl (C=O) groups excluding carboxylic acids is 1. The van der Waals surface area contributed by atoms with Crippen LogP contribution in [-0.4, -0.2) is 42.7 Å². The topological polar surface area (TPSA) is 73.6 Å². The van der Waals surface area contributed by atoms with Gasteiger partial charge in [0.1, 0.15) is 12.4 Å². The molecule has 0 fully saturated rings. The number of halogens is 1. The summed E-state index contributed by atoms with van der Waals surface area (Å²) in [5.41, 5.74) is 0.501. The van der Waals surface area contributed by atoms with E-state index in [9.17, 15) is 9.18 Å². The molecule has 5 nitrogen and oxygen atoms in total. The number of carbonyl (C=O) groups is 1. The first-order valence-electron chi connectivity index (χ1n) is 6.20. The third-order valence-electron chi connectivity index (χ3n) is 2.74. The van der Waals surface area contributed by atoms with Gasteiger partial charge in [-0.3, -0.25) is 4.79 Å². The van der Waals surface area contributed by atoms with E-state index in [-0.39, 0.29) is 25.2 Å². The molecule has 20 heavy (non-hydrogen) atoms. The van der Waals surface area contributed by atoms with Gasteiger partial charge in [0.2, 0.25) is 0 Å². The molecule has 0 aliphatic heterocycles. The van der Waals surface area contributed by atoms with Crippen molar-refractivity contribution in [3.05, 3.63) is 35.1 Å². The van der Waals surface area contributed by atoms with Crippen molar-refractivity contribution in [1.29, 1.82) is 5.26 Å². The van der Waals surface area contributed by atoms with Crippen molar-refractivity contribution in [2.75, 3.05) is 26.7 Å². The molecule has 0 amide bonds. The third kappa shape index (κ3) is 5.34. The first-order valence-corrected chi connectivity index (χ1v) is 6.20. The van der Waals surface area contributed by atoms with E-state index < -0.39 is 11.8 Å². The minimum atomic E-state index is -0.505. The molecule has 1 N–H and O–H groups in total. The van der Waals surface area contributed by atoms with Gasteiger partial charge < -0.3 is 14.7 Å². The van der Waals surface area contributed by atoms with Gasteiger partial charge in [-0.2, -0.15) is 5.26 Å². The molecule has 0 unspecified atom stereocenters. The van der Waals surface area contributed by atoms with Crippen molar-refractivity contribution < 1.29 is 19.0 Å². The highest BCUT2D eigenvalue weighted by molar-refractivity contribution is 5.69. The Morgan fingerprint density at radius 1 is 1.50 bits per heavy atom. The van der Waals surface area contributed by atoms with Gasteiger partial charge in [0.15, 0.2) is 0 Å². The van der Waals surface area contributed by atoms with Crippen LogP contribution in [0, 0.1) is 17.1 Å². The van der Waals surface area contributed by atoms with Gasteiger partial charge in [0.25, 0.3) is 0 Å². The average molecular weight is 280 g/mol. The molecule has 0 heterocycles.